The van der Waals surface area contributed by atoms with Gasteiger partial charge in [-0.25, -0.2) is 8.42 Å². The van der Waals surface area contributed by atoms with Crippen LogP contribution in [-0.2, 0) is 24.8 Å². The molecule has 0 aromatic heterocycles. The number of benzene rings is 2. The van der Waals surface area contributed by atoms with E-state index in [1.807, 2.05) is 30.3 Å². The Labute approximate surface area is 213 Å². The maximum absolute atomic E-state index is 13.9. The maximum atomic E-state index is 13.9. The predicted molar refractivity (Wildman–Crippen MR) is 131 cm³/mol. The predicted octanol–water partition coefficient (Wildman–Crippen LogP) is 3.64. The largest absolute Gasteiger partial charge is 0.336 e. The molecule has 1 heterocycles. The van der Waals surface area contributed by atoms with Crippen LogP contribution in [-0.4, -0.2) is 48.5 Å². The number of halogens is 2. The summed E-state index contributed by atoms with van der Waals surface area (Å²) in [5, 5.41) is 11.5. The molecule has 0 unspecified atom stereocenters. The Kier molecular flexibility index (Phi) is 5.86. The third-order valence-corrected chi connectivity index (χ3v) is 10.1. The van der Waals surface area contributed by atoms with E-state index in [-0.39, 0.29) is 28.8 Å². The van der Waals surface area contributed by atoms with Gasteiger partial charge >= 0.3 is 0 Å². The molecule has 2 amide bonds. The number of nitrogens with one attached hydrogen (secondary N) is 1. The van der Waals surface area contributed by atoms with E-state index in [1.165, 1.54) is 23.1 Å². The molecular weight excluding hydrogens is 509 g/mol. The Balaban J connectivity index is 1.48. The molecule has 2 saturated carbocycles. The first-order valence-corrected chi connectivity index (χ1v) is 13.7. The summed E-state index contributed by atoms with van der Waals surface area (Å²) in [5.74, 6) is -0.758. The van der Waals surface area contributed by atoms with Gasteiger partial charge in [-0.1, -0.05) is 53.5 Å². The van der Waals surface area contributed by atoms with Crippen molar-refractivity contribution in [3.63, 3.8) is 0 Å². The molecule has 2 aliphatic carbocycles. The first-order chi connectivity index (χ1) is 16.6. The second-order valence-electron chi connectivity index (χ2n) is 9.58. The van der Waals surface area contributed by atoms with E-state index < -0.39 is 38.0 Å². The van der Waals surface area contributed by atoms with Crippen molar-refractivity contribution in [2.24, 2.45) is 0 Å². The van der Waals surface area contributed by atoms with E-state index in [0.29, 0.717) is 30.7 Å². The van der Waals surface area contributed by atoms with E-state index >= 15 is 0 Å². The van der Waals surface area contributed by atoms with Gasteiger partial charge in [-0.15, -0.1) is 0 Å². The highest BCUT2D eigenvalue weighted by atomic mass is 35.5. The zero-order valence-corrected chi connectivity index (χ0v) is 21.0. The first-order valence-electron chi connectivity index (χ1n) is 11.4. The number of likely N-dealkylation sites (tertiary alicyclic amines) is 1. The summed E-state index contributed by atoms with van der Waals surface area (Å²) in [7, 11) is -3.97. The van der Waals surface area contributed by atoms with Gasteiger partial charge in [0, 0.05) is 11.6 Å². The van der Waals surface area contributed by atoms with Crippen molar-refractivity contribution in [3.8, 4) is 6.07 Å². The van der Waals surface area contributed by atoms with E-state index in [9.17, 15) is 23.3 Å². The Morgan fingerprint density at radius 3 is 2.31 bits per heavy atom. The fourth-order valence-corrected chi connectivity index (χ4v) is 7.34. The van der Waals surface area contributed by atoms with Crippen LogP contribution in [0, 0.1) is 11.3 Å². The van der Waals surface area contributed by atoms with Crippen LogP contribution in [0.3, 0.4) is 0 Å². The summed E-state index contributed by atoms with van der Waals surface area (Å²) in [5.41, 5.74) is -0.839. The lowest BCUT2D eigenvalue weighted by Crippen LogP contribution is -2.51. The van der Waals surface area contributed by atoms with Crippen molar-refractivity contribution in [1.82, 2.24) is 10.2 Å². The number of carbonyl (C=O) groups excluding carboxylic acids is 2. The van der Waals surface area contributed by atoms with Crippen LogP contribution in [0.1, 0.15) is 37.7 Å². The van der Waals surface area contributed by atoms with Crippen LogP contribution < -0.4 is 5.32 Å². The number of amides is 2. The van der Waals surface area contributed by atoms with Gasteiger partial charge in [0.2, 0.25) is 11.8 Å². The molecule has 2 aromatic carbocycles. The van der Waals surface area contributed by atoms with Gasteiger partial charge in [0.1, 0.15) is 11.6 Å². The fraction of sp³-hybridized carbons (Fsp3) is 0.400. The maximum Gasteiger partial charge on any atom is 0.244 e. The lowest BCUT2D eigenvalue weighted by molar-refractivity contribution is -0.140. The van der Waals surface area contributed by atoms with Gasteiger partial charge in [0.05, 0.1) is 26.7 Å². The summed E-state index contributed by atoms with van der Waals surface area (Å²) in [6.45, 7) is -0.133. The van der Waals surface area contributed by atoms with Crippen LogP contribution >= 0.6 is 23.2 Å². The second-order valence-corrected chi connectivity index (χ2v) is 12.6. The molecule has 3 fully saturated rings. The highest BCUT2D eigenvalue weighted by molar-refractivity contribution is 7.92. The van der Waals surface area contributed by atoms with Crippen LogP contribution in [0.2, 0.25) is 10.0 Å². The molecule has 5 rings (SSSR count). The number of rotatable bonds is 6. The normalized spacial score (nSPS) is 23.9. The minimum atomic E-state index is -3.97. The number of carbonyl (C=O) groups is 2. The van der Waals surface area contributed by atoms with Crippen molar-refractivity contribution in [3.05, 3.63) is 64.1 Å². The summed E-state index contributed by atoms with van der Waals surface area (Å²) in [4.78, 5) is 28.5. The standard InChI is InChI=1S/C25H23Cl2N3O4S/c26-17-6-7-21(19(27)12-17)35(33,34)18-13-20(22(31)29-24(15-28)8-9-24)30(14-18)23(32)25(10-11-25)16-4-2-1-3-5-16/h1-7,12,18,20H,8-11,13-14H2,(H,29,31)/t18-,20+/m1/s1. The average molecular weight is 532 g/mol. The molecule has 0 radical (unpaired) electrons. The van der Waals surface area contributed by atoms with Crippen molar-refractivity contribution < 1.29 is 18.0 Å². The number of sulfone groups is 1. The van der Waals surface area contributed by atoms with Gasteiger partial charge in [-0.05, 0) is 55.9 Å². The minimum absolute atomic E-state index is 0.00681. The molecule has 1 N–H and O–H groups in total. The molecule has 7 nitrogen and oxygen atoms in total. The molecule has 2 aromatic rings. The van der Waals surface area contributed by atoms with Crippen LogP contribution in [0.4, 0.5) is 0 Å². The molecule has 0 spiro atoms. The summed E-state index contributed by atoms with van der Waals surface area (Å²) in [6.07, 6.45) is 2.25. The van der Waals surface area contributed by atoms with Gasteiger partial charge in [0.25, 0.3) is 0 Å². The quantitative estimate of drug-likeness (QED) is 0.612. The van der Waals surface area contributed by atoms with Gasteiger partial charge in [0.15, 0.2) is 9.84 Å². The summed E-state index contributed by atoms with van der Waals surface area (Å²) in [6, 6.07) is 14.6. The minimum Gasteiger partial charge on any atom is -0.336 e. The Hall–Kier alpha value is -2.60. The van der Waals surface area contributed by atoms with Crippen molar-refractivity contribution in [1.29, 1.82) is 5.26 Å². The topological polar surface area (TPSA) is 107 Å². The van der Waals surface area contributed by atoms with Gasteiger partial charge < -0.3 is 10.2 Å². The fourth-order valence-electron chi connectivity index (χ4n) is 4.87. The molecule has 10 heteroatoms. The SMILES string of the molecule is N#CC1(NC(=O)[C@@H]2C[C@@H](S(=O)(=O)c3ccc(Cl)cc3Cl)CN2C(=O)C2(c3ccccc3)CC2)CC1. The average Bonchev–Trinajstić information content (AvgIpc) is 3.75. The van der Waals surface area contributed by atoms with Crippen LogP contribution in [0.25, 0.3) is 0 Å². The number of nitrogens with zero attached hydrogens (tertiary/aromatic N) is 2. The highest BCUT2D eigenvalue weighted by Gasteiger charge is 2.58. The smallest absolute Gasteiger partial charge is 0.244 e. The van der Waals surface area contributed by atoms with Crippen molar-refractivity contribution in [2.75, 3.05) is 6.54 Å². The number of hydrogen-bond acceptors (Lipinski definition) is 5. The summed E-state index contributed by atoms with van der Waals surface area (Å²) >= 11 is 12.1. The monoisotopic (exact) mass is 531 g/mol. The first kappa shape index (κ1) is 24.1. The molecular formula is C25H23Cl2N3O4S. The Bertz CT molecular complexity index is 1350. The molecule has 1 saturated heterocycles. The number of hydrogen-bond donors (Lipinski definition) is 1. The van der Waals surface area contributed by atoms with E-state index in [4.69, 9.17) is 23.2 Å². The summed E-state index contributed by atoms with van der Waals surface area (Å²) < 4.78 is 27.1. The zero-order chi connectivity index (χ0) is 25.0. The zero-order valence-electron chi connectivity index (χ0n) is 18.7. The molecule has 35 heavy (non-hydrogen) atoms. The molecule has 0 bridgehead atoms. The Morgan fingerprint density at radius 1 is 1.06 bits per heavy atom. The third-order valence-electron chi connectivity index (χ3n) is 7.28. The van der Waals surface area contributed by atoms with Crippen LogP contribution in [0.5, 0.6) is 0 Å². The highest BCUT2D eigenvalue weighted by Crippen LogP contribution is 2.51. The molecule has 3 aliphatic rings. The van der Waals surface area contributed by atoms with Crippen molar-refractivity contribution in [2.45, 2.75) is 59.2 Å². The lowest BCUT2D eigenvalue weighted by atomic mass is 9.94. The number of nitriles is 1. The van der Waals surface area contributed by atoms with Crippen molar-refractivity contribution >= 4 is 44.9 Å². The van der Waals surface area contributed by atoms with E-state index in [1.54, 1.807) is 0 Å². The van der Waals surface area contributed by atoms with E-state index in [0.717, 1.165) is 5.56 Å². The van der Waals surface area contributed by atoms with Crippen LogP contribution in [0.15, 0.2) is 53.4 Å². The van der Waals surface area contributed by atoms with Gasteiger partial charge in [-0.2, -0.15) is 5.26 Å². The molecule has 182 valence electrons. The lowest BCUT2D eigenvalue weighted by Gasteiger charge is -2.29. The third kappa shape index (κ3) is 4.20. The molecule has 2 atom stereocenters. The van der Waals surface area contributed by atoms with Gasteiger partial charge in [-0.3, -0.25) is 9.59 Å². The Morgan fingerprint density at radius 2 is 1.74 bits per heavy atom. The second kappa shape index (κ2) is 8.51. The molecule has 1 aliphatic heterocycles. The van der Waals surface area contributed by atoms with E-state index in [2.05, 4.69) is 11.4 Å².